The number of benzene rings is 1. The molecule has 0 aliphatic rings. The smallest absolute Gasteiger partial charge is 0.194 e. The molecule has 116 valence electrons. The molecular formula is C13H13ClN5O2S-. The first-order chi connectivity index (χ1) is 10.5. The molecule has 1 aromatic carbocycles. The minimum Gasteiger partial charge on any atom is -0.755 e. The first-order valence-corrected chi connectivity index (χ1v) is 8.01. The Morgan fingerprint density at radius 3 is 2.59 bits per heavy atom. The van der Waals surface area contributed by atoms with Crippen LogP contribution in [-0.4, -0.2) is 28.6 Å². The molecule has 3 aromatic rings. The first kappa shape index (κ1) is 15.0. The largest absolute Gasteiger partial charge is 0.755 e. The zero-order chi connectivity index (χ0) is 15.9. The van der Waals surface area contributed by atoms with E-state index in [4.69, 9.17) is 11.6 Å². The molecule has 0 bridgehead atoms. The van der Waals surface area contributed by atoms with Crippen molar-refractivity contribution in [2.45, 2.75) is 19.8 Å². The third-order valence-corrected chi connectivity index (χ3v) is 3.96. The number of H-pyrrole nitrogens is 1. The predicted molar refractivity (Wildman–Crippen MR) is 84.4 cm³/mol. The fourth-order valence-corrected chi connectivity index (χ4v) is 2.82. The number of nitrogens with zero attached hydrogens (tertiary/aromatic N) is 3. The summed E-state index contributed by atoms with van der Waals surface area (Å²) in [5, 5.41) is 8.03. The third kappa shape index (κ3) is 2.72. The van der Waals surface area contributed by atoms with Crippen molar-refractivity contribution in [3.05, 3.63) is 35.0 Å². The van der Waals surface area contributed by atoms with Crippen LogP contribution in [-0.2, 0) is 11.3 Å². The molecule has 3 rings (SSSR count). The van der Waals surface area contributed by atoms with E-state index < -0.39 is 11.3 Å². The van der Waals surface area contributed by atoms with Gasteiger partial charge in [-0.05, 0) is 30.2 Å². The summed E-state index contributed by atoms with van der Waals surface area (Å²) in [6.07, 6.45) is 0. The van der Waals surface area contributed by atoms with Crippen LogP contribution in [0.4, 0.5) is 5.69 Å². The summed E-state index contributed by atoms with van der Waals surface area (Å²) in [6, 6.07) is 6.76. The molecule has 22 heavy (non-hydrogen) atoms. The van der Waals surface area contributed by atoms with E-state index in [-0.39, 0.29) is 5.92 Å². The van der Waals surface area contributed by atoms with E-state index in [0.717, 1.165) is 11.3 Å². The Morgan fingerprint density at radius 1 is 1.36 bits per heavy atom. The highest BCUT2D eigenvalue weighted by molar-refractivity contribution is 7.80. The minimum absolute atomic E-state index is 0.248. The molecule has 2 heterocycles. The number of halogens is 1. The zero-order valence-electron chi connectivity index (χ0n) is 11.8. The fraction of sp³-hybridized carbons (Fsp3) is 0.231. The normalized spacial score (nSPS) is 13.0. The zero-order valence-corrected chi connectivity index (χ0v) is 13.4. The van der Waals surface area contributed by atoms with Crippen LogP contribution in [0, 0.1) is 0 Å². The average Bonchev–Trinajstić information content (AvgIpc) is 2.99. The summed E-state index contributed by atoms with van der Waals surface area (Å²) < 4.78 is 25.0. The van der Waals surface area contributed by atoms with Gasteiger partial charge in [0.2, 0.25) is 0 Å². The number of nitrogens with one attached hydrogen (secondary N) is 2. The lowest BCUT2D eigenvalue weighted by Gasteiger charge is -2.08. The number of aromatic nitrogens is 4. The predicted octanol–water partition coefficient (Wildman–Crippen LogP) is 2.71. The van der Waals surface area contributed by atoms with Crippen LogP contribution >= 0.6 is 11.6 Å². The van der Waals surface area contributed by atoms with E-state index in [2.05, 4.69) is 19.9 Å². The van der Waals surface area contributed by atoms with Crippen LogP contribution in [0.2, 0.25) is 5.02 Å². The van der Waals surface area contributed by atoms with Crippen molar-refractivity contribution >= 4 is 34.2 Å². The Morgan fingerprint density at radius 2 is 2.05 bits per heavy atom. The van der Waals surface area contributed by atoms with Gasteiger partial charge in [0.1, 0.15) is 5.02 Å². The van der Waals surface area contributed by atoms with Crippen LogP contribution in [0.5, 0.6) is 0 Å². The first-order valence-electron chi connectivity index (χ1n) is 6.56. The standard InChI is InChI=1S/C13H14ClN5O2S/c1-7(2)11-10(14)13-15-12(17-19(13)16-11)8-3-5-9(6-4-8)18-22(20)21/h3-7,16,18H,1-2H3,(H,20,21)/p-1. The monoisotopic (exact) mass is 338 g/mol. The molecule has 0 radical (unpaired) electrons. The van der Waals surface area contributed by atoms with Gasteiger partial charge >= 0.3 is 0 Å². The van der Waals surface area contributed by atoms with Crippen molar-refractivity contribution in [1.82, 2.24) is 19.8 Å². The molecular weight excluding hydrogens is 326 g/mol. The van der Waals surface area contributed by atoms with Gasteiger partial charge in [0.05, 0.1) is 5.69 Å². The Kier molecular flexibility index (Phi) is 3.90. The van der Waals surface area contributed by atoms with Crippen LogP contribution < -0.4 is 4.72 Å². The number of hydrogen-bond donors (Lipinski definition) is 2. The molecule has 0 aliphatic carbocycles. The van der Waals surface area contributed by atoms with Gasteiger partial charge in [-0.15, -0.1) is 5.10 Å². The maximum absolute atomic E-state index is 10.6. The van der Waals surface area contributed by atoms with Crippen molar-refractivity contribution < 1.29 is 8.76 Å². The highest BCUT2D eigenvalue weighted by atomic mass is 35.5. The maximum atomic E-state index is 10.6. The summed E-state index contributed by atoms with van der Waals surface area (Å²) in [5.41, 5.74) is 2.70. The van der Waals surface area contributed by atoms with Crippen LogP contribution in [0.3, 0.4) is 0 Å². The van der Waals surface area contributed by atoms with E-state index in [1.165, 1.54) is 0 Å². The van der Waals surface area contributed by atoms with Crippen molar-refractivity contribution in [3.63, 3.8) is 0 Å². The molecule has 2 N–H and O–H groups in total. The summed E-state index contributed by atoms with van der Waals surface area (Å²) in [5.74, 6) is 0.760. The van der Waals surface area contributed by atoms with E-state index in [0.29, 0.717) is 22.2 Å². The van der Waals surface area contributed by atoms with Gasteiger partial charge < -0.3 is 9.27 Å². The number of rotatable bonds is 4. The highest BCUT2D eigenvalue weighted by Crippen LogP contribution is 2.28. The Hall–Kier alpha value is -1.90. The third-order valence-electron chi connectivity index (χ3n) is 3.19. The summed E-state index contributed by atoms with van der Waals surface area (Å²) in [7, 11) is 0. The van der Waals surface area contributed by atoms with Gasteiger partial charge in [-0.1, -0.05) is 25.4 Å². The van der Waals surface area contributed by atoms with E-state index >= 15 is 0 Å². The fourth-order valence-electron chi connectivity index (χ4n) is 2.10. The Labute approximate surface area is 134 Å². The molecule has 7 nitrogen and oxygen atoms in total. The van der Waals surface area contributed by atoms with Gasteiger partial charge in [-0.25, -0.2) is 4.98 Å². The number of fused-ring (bicyclic) bond motifs is 1. The molecule has 1 unspecified atom stereocenters. The Balaban J connectivity index is 1.95. The minimum atomic E-state index is -2.34. The molecule has 2 aromatic heterocycles. The van der Waals surface area contributed by atoms with E-state index in [9.17, 15) is 8.76 Å². The number of hydrogen-bond acceptors (Lipinski definition) is 4. The van der Waals surface area contributed by atoms with Crippen molar-refractivity contribution in [1.29, 1.82) is 0 Å². The van der Waals surface area contributed by atoms with Crippen molar-refractivity contribution in [2.24, 2.45) is 0 Å². The molecule has 0 amide bonds. The second kappa shape index (κ2) is 5.71. The van der Waals surface area contributed by atoms with Gasteiger partial charge in [0, 0.05) is 22.5 Å². The molecule has 0 spiro atoms. The van der Waals surface area contributed by atoms with Crippen molar-refractivity contribution in [2.75, 3.05) is 4.72 Å². The lowest BCUT2D eigenvalue weighted by Crippen LogP contribution is -2.01. The average molecular weight is 339 g/mol. The van der Waals surface area contributed by atoms with Gasteiger partial charge in [-0.3, -0.25) is 9.31 Å². The summed E-state index contributed by atoms with van der Waals surface area (Å²) >= 11 is 3.96. The van der Waals surface area contributed by atoms with Gasteiger partial charge in [0.25, 0.3) is 0 Å². The lowest BCUT2D eigenvalue weighted by molar-refractivity contribution is 0.542. The summed E-state index contributed by atoms with van der Waals surface area (Å²) in [4.78, 5) is 4.42. The van der Waals surface area contributed by atoms with Crippen LogP contribution in [0.15, 0.2) is 24.3 Å². The molecule has 0 saturated heterocycles. The topological polar surface area (TPSA) is 98.1 Å². The molecule has 0 aliphatic heterocycles. The van der Waals surface area contributed by atoms with E-state index in [1.807, 2.05) is 13.8 Å². The molecule has 1 atom stereocenters. The summed E-state index contributed by atoms with van der Waals surface area (Å²) in [6.45, 7) is 4.06. The van der Waals surface area contributed by atoms with E-state index in [1.54, 1.807) is 28.9 Å². The van der Waals surface area contributed by atoms with Gasteiger partial charge in [-0.2, -0.15) is 4.63 Å². The SMILES string of the molecule is CC(C)c1[nH]n2nc(-c3ccc(NS(=O)[O-])cc3)nc2c1Cl. The second-order valence-corrected chi connectivity index (χ2v) is 6.13. The van der Waals surface area contributed by atoms with Crippen molar-refractivity contribution in [3.8, 4) is 11.4 Å². The molecule has 0 saturated carbocycles. The highest BCUT2D eigenvalue weighted by Gasteiger charge is 2.17. The lowest BCUT2D eigenvalue weighted by atomic mass is 10.1. The maximum Gasteiger partial charge on any atom is 0.194 e. The number of anilines is 1. The molecule has 9 heteroatoms. The Bertz CT molecular complexity index is 840. The molecule has 0 fully saturated rings. The quantitative estimate of drug-likeness (QED) is 0.714. The van der Waals surface area contributed by atoms with Crippen LogP contribution in [0.25, 0.3) is 17.0 Å². The second-order valence-electron chi connectivity index (χ2n) is 5.08. The van der Waals surface area contributed by atoms with Crippen LogP contribution in [0.1, 0.15) is 25.5 Å². The number of aromatic amines is 1. The van der Waals surface area contributed by atoms with Gasteiger partial charge in [0.15, 0.2) is 11.5 Å².